The van der Waals surface area contributed by atoms with Gasteiger partial charge in [0.2, 0.25) is 0 Å². The van der Waals surface area contributed by atoms with Gasteiger partial charge in [-0.1, -0.05) is 35.9 Å². The lowest BCUT2D eigenvalue weighted by Gasteiger charge is -2.11. The molecule has 0 aliphatic carbocycles. The highest BCUT2D eigenvalue weighted by molar-refractivity contribution is 5.67. The molecular formula is C14H11F3O2. The van der Waals surface area contributed by atoms with Gasteiger partial charge in [0.15, 0.2) is 11.5 Å². The summed E-state index contributed by atoms with van der Waals surface area (Å²) in [4.78, 5) is 0. The van der Waals surface area contributed by atoms with Crippen LogP contribution in [-0.2, 0) is 0 Å². The highest BCUT2D eigenvalue weighted by Crippen LogP contribution is 2.34. The minimum Gasteiger partial charge on any atom is -0.504 e. The number of hydrogen-bond donors (Lipinski definition) is 1. The molecule has 19 heavy (non-hydrogen) atoms. The van der Waals surface area contributed by atoms with E-state index in [1.807, 2.05) is 31.2 Å². The summed E-state index contributed by atoms with van der Waals surface area (Å²) in [5, 5.41) is 9.56. The molecule has 0 saturated carbocycles. The van der Waals surface area contributed by atoms with E-state index < -0.39 is 17.9 Å². The number of phenols is 1. The molecule has 0 aromatic heterocycles. The number of alkyl halides is 3. The monoisotopic (exact) mass is 268 g/mol. The van der Waals surface area contributed by atoms with Crippen LogP contribution in [0.1, 0.15) is 5.56 Å². The highest BCUT2D eigenvalue weighted by atomic mass is 19.4. The summed E-state index contributed by atoms with van der Waals surface area (Å²) in [6.07, 6.45) is -4.82. The summed E-state index contributed by atoms with van der Waals surface area (Å²) < 4.78 is 39.9. The average Bonchev–Trinajstić information content (AvgIpc) is 2.30. The van der Waals surface area contributed by atoms with Crippen molar-refractivity contribution >= 4 is 0 Å². The standard InChI is InChI=1S/C14H11F3O2/c1-9-3-2-4-10(7-9)11-5-6-13(12(18)8-11)19-14(15,16)17/h2-8,18H,1H3. The van der Waals surface area contributed by atoms with Crippen LogP contribution in [0.4, 0.5) is 13.2 Å². The van der Waals surface area contributed by atoms with Crippen LogP contribution in [0.25, 0.3) is 11.1 Å². The first-order valence-corrected chi connectivity index (χ1v) is 5.51. The van der Waals surface area contributed by atoms with E-state index in [1.165, 1.54) is 12.1 Å². The van der Waals surface area contributed by atoms with Crippen LogP contribution in [0, 0.1) is 6.92 Å². The smallest absolute Gasteiger partial charge is 0.504 e. The summed E-state index contributed by atoms with van der Waals surface area (Å²) >= 11 is 0. The van der Waals surface area contributed by atoms with Crippen LogP contribution in [0.15, 0.2) is 42.5 Å². The Morgan fingerprint density at radius 2 is 1.68 bits per heavy atom. The van der Waals surface area contributed by atoms with E-state index in [2.05, 4.69) is 4.74 Å². The zero-order valence-corrected chi connectivity index (χ0v) is 10.0. The predicted molar refractivity (Wildman–Crippen MR) is 65.0 cm³/mol. The lowest BCUT2D eigenvalue weighted by atomic mass is 10.0. The van der Waals surface area contributed by atoms with Crippen molar-refractivity contribution in [3.05, 3.63) is 48.0 Å². The summed E-state index contributed by atoms with van der Waals surface area (Å²) in [5.74, 6) is -1.15. The third-order valence-electron chi connectivity index (χ3n) is 2.54. The third-order valence-corrected chi connectivity index (χ3v) is 2.54. The van der Waals surface area contributed by atoms with Gasteiger partial charge in [0, 0.05) is 0 Å². The van der Waals surface area contributed by atoms with Gasteiger partial charge in [0.05, 0.1) is 0 Å². The molecular weight excluding hydrogens is 257 g/mol. The molecule has 0 saturated heterocycles. The molecule has 0 fully saturated rings. The third kappa shape index (κ3) is 3.40. The Morgan fingerprint density at radius 3 is 2.26 bits per heavy atom. The normalized spacial score (nSPS) is 11.4. The first kappa shape index (κ1) is 13.3. The van der Waals surface area contributed by atoms with Crippen molar-refractivity contribution in [3.8, 4) is 22.6 Å². The van der Waals surface area contributed by atoms with Crippen LogP contribution in [-0.4, -0.2) is 11.5 Å². The van der Waals surface area contributed by atoms with Gasteiger partial charge in [-0.25, -0.2) is 0 Å². The number of ether oxygens (including phenoxy) is 1. The summed E-state index contributed by atoms with van der Waals surface area (Å²) in [5.41, 5.74) is 2.46. The van der Waals surface area contributed by atoms with Gasteiger partial charge in [0.1, 0.15) is 0 Å². The van der Waals surface area contributed by atoms with Crippen molar-refractivity contribution in [1.29, 1.82) is 0 Å². The number of hydrogen-bond acceptors (Lipinski definition) is 2. The molecule has 0 atom stereocenters. The first-order valence-electron chi connectivity index (χ1n) is 5.51. The van der Waals surface area contributed by atoms with Crippen molar-refractivity contribution in [3.63, 3.8) is 0 Å². The Kier molecular flexibility index (Phi) is 3.38. The van der Waals surface area contributed by atoms with Crippen molar-refractivity contribution in [1.82, 2.24) is 0 Å². The van der Waals surface area contributed by atoms with E-state index in [-0.39, 0.29) is 0 Å². The molecule has 0 heterocycles. The second-order valence-corrected chi connectivity index (χ2v) is 4.10. The molecule has 0 spiro atoms. The second kappa shape index (κ2) is 4.84. The van der Waals surface area contributed by atoms with Crippen molar-refractivity contribution in [2.45, 2.75) is 13.3 Å². The molecule has 5 heteroatoms. The SMILES string of the molecule is Cc1cccc(-c2ccc(OC(F)(F)F)c(O)c2)c1. The van der Waals surface area contributed by atoms with E-state index in [1.54, 1.807) is 0 Å². The van der Waals surface area contributed by atoms with Crippen LogP contribution >= 0.6 is 0 Å². The zero-order chi connectivity index (χ0) is 14.0. The predicted octanol–water partition coefficient (Wildman–Crippen LogP) is 4.27. The van der Waals surface area contributed by atoms with Gasteiger partial charge < -0.3 is 9.84 Å². The molecule has 0 amide bonds. The van der Waals surface area contributed by atoms with Crippen molar-refractivity contribution in [2.75, 3.05) is 0 Å². The van der Waals surface area contributed by atoms with Gasteiger partial charge >= 0.3 is 6.36 Å². The number of rotatable bonds is 2. The summed E-state index contributed by atoms with van der Waals surface area (Å²) in [6.45, 7) is 1.91. The molecule has 2 nitrogen and oxygen atoms in total. The molecule has 1 N–H and O–H groups in total. The average molecular weight is 268 g/mol. The molecule has 0 radical (unpaired) electrons. The fraction of sp³-hybridized carbons (Fsp3) is 0.143. The Balaban J connectivity index is 2.34. The molecule has 0 unspecified atom stereocenters. The van der Waals surface area contributed by atoms with Gasteiger partial charge in [-0.05, 0) is 30.2 Å². The second-order valence-electron chi connectivity index (χ2n) is 4.10. The van der Waals surface area contributed by atoms with E-state index >= 15 is 0 Å². The van der Waals surface area contributed by atoms with E-state index in [0.29, 0.717) is 5.56 Å². The Bertz CT molecular complexity index is 591. The van der Waals surface area contributed by atoms with Crippen LogP contribution in [0.5, 0.6) is 11.5 Å². The molecule has 0 aliphatic rings. The van der Waals surface area contributed by atoms with E-state index in [9.17, 15) is 18.3 Å². The minimum atomic E-state index is -4.82. The summed E-state index contributed by atoms with van der Waals surface area (Å²) in [6, 6.07) is 11.2. The van der Waals surface area contributed by atoms with Crippen LogP contribution in [0.2, 0.25) is 0 Å². The maximum absolute atomic E-state index is 12.1. The minimum absolute atomic E-state index is 0.545. The fourth-order valence-corrected chi connectivity index (χ4v) is 1.73. The molecule has 2 aromatic carbocycles. The first-order chi connectivity index (χ1) is 8.85. The number of phenolic OH excluding ortho intramolecular Hbond substituents is 1. The maximum atomic E-state index is 12.1. The van der Waals surface area contributed by atoms with Gasteiger partial charge in [-0.2, -0.15) is 0 Å². The number of aryl methyl sites for hydroxylation is 1. The van der Waals surface area contributed by atoms with Gasteiger partial charge in [-0.3, -0.25) is 0 Å². The Labute approximate surface area is 108 Å². The van der Waals surface area contributed by atoms with Crippen molar-refractivity contribution in [2.24, 2.45) is 0 Å². The zero-order valence-electron chi connectivity index (χ0n) is 10.0. The Morgan fingerprint density at radius 1 is 1.00 bits per heavy atom. The number of benzene rings is 2. The van der Waals surface area contributed by atoms with Gasteiger partial charge in [0.25, 0.3) is 0 Å². The van der Waals surface area contributed by atoms with E-state index in [0.717, 1.165) is 17.2 Å². The Hall–Kier alpha value is -2.17. The van der Waals surface area contributed by atoms with Crippen molar-refractivity contribution < 1.29 is 23.0 Å². The molecule has 2 aromatic rings. The van der Waals surface area contributed by atoms with Crippen LogP contribution in [0.3, 0.4) is 0 Å². The molecule has 100 valence electrons. The highest BCUT2D eigenvalue weighted by Gasteiger charge is 2.32. The molecule has 2 rings (SSSR count). The lowest BCUT2D eigenvalue weighted by molar-refractivity contribution is -0.275. The topological polar surface area (TPSA) is 29.5 Å². The maximum Gasteiger partial charge on any atom is 0.573 e. The fourth-order valence-electron chi connectivity index (χ4n) is 1.73. The summed E-state index contributed by atoms with van der Waals surface area (Å²) in [7, 11) is 0. The largest absolute Gasteiger partial charge is 0.573 e. The van der Waals surface area contributed by atoms with Gasteiger partial charge in [-0.15, -0.1) is 13.2 Å². The molecule has 0 aliphatic heterocycles. The molecule has 0 bridgehead atoms. The number of aromatic hydroxyl groups is 1. The lowest BCUT2D eigenvalue weighted by Crippen LogP contribution is -2.17. The van der Waals surface area contributed by atoms with E-state index in [4.69, 9.17) is 0 Å². The quantitative estimate of drug-likeness (QED) is 0.881. The number of halogens is 3. The van der Waals surface area contributed by atoms with Crippen LogP contribution < -0.4 is 4.74 Å².